The molecule has 0 unspecified atom stereocenters. The van der Waals surface area contributed by atoms with Gasteiger partial charge in [-0.1, -0.05) is 48.9 Å². The van der Waals surface area contributed by atoms with E-state index < -0.39 is 30.1 Å². The van der Waals surface area contributed by atoms with Crippen molar-refractivity contribution in [3.8, 4) is 0 Å². The summed E-state index contributed by atoms with van der Waals surface area (Å²) in [5, 5.41) is 9.80. The number of halogens is 4. The van der Waals surface area contributed by atoms with Crippen molar-refractivity contribution in [2.45, 2.75) is 57.8 Å². The summed E-state index contributed by atoms with van der Waals surface area (Å²) in [5.41, 5.74) is 1.45. The first-order valence-electron chi connectivity index (χ1n) is 12.4. The molecule has 3 atom stereocenters. The fourth-order valence-corrected chi connectivity index (χ4v) is 6.72. The lowest BCUT2D eigenvalue weighted by atomic mass is 9.88. The monoisotopic (exact) mass is 566 g/mol. The van der Waals surface area contributed by atoms with Crippen LogP contribution >= 0.6 is 22.9 Å². The Balaban J connectivity index is 1.50. The van der Waals surface area contributed by atoms with Crippen LogP contribution in [0.4, 0.5) is 24.0 Å². The Morgan fingerprint density at radius 3 is 2.71 bits per heavy atom. The number of hydrogen-bond acceptors (Lipinski definition) is 6. The van der Waals surface area contributed by atoms with Crippen molar-refractivity contribution >= 4 is 45.6 Å². The fourth-order valence-electron chi connectivity index (χ4n) is 5.06. The van der Waals surface area contributed by atoms with Crippen LogP contribution in [0.25, 0.3) is 0 Å². The van der Waals surface area contributed by atoms with Gasteiger partial charge in [-0.05, 0) is 43.2 Å². The van der Waals surface area contributed by atoms with Crippen LogP contribution < -0.4 is 10.6 Å². The van der Waals surface area contributed by atoms with E-state index in [-0.39, 0.29) is 34.6 Å². The summed E-state index contributed by atoms with van der Waals surface area (Å²) in [6, 6.07) is 6.07. The van der Waals surface area contributed by atoms with Crippen molar-refractivity contribution in [1.29, 1.82) is 0 Å². The second kappa shape index (κ2) is 10.3. The predicted octanol–water partition coefficient (Wildman–Crippen LogP) is 6.81. The van der Waals surface area contributed by atoms with Gasteiger partial charge in [-0.15, -0.1) is 11.3 Å². The minimum atomic E-state index is -4.62. The van der Waals surface area contributed by atoms with Gasteiger partial charge in [-0.3, -0.25) is 4.79 Å². The van der Waals surface area contributed by atoms with E-state index in [1.165, 1.54) is 11.3 Å². The molecule has 2 aromatic heterocycles. The number of hydrogen-bond donors (Lipinski definition) is 2. The van der Waals surface area contributed by atoms with E-state index >= 15 is 0 Å². The zero-order valence-electron chi connectivity index (χ0n) is 20.7. The van der Waals surface area contributed by atoms with E-state index in [1.807, 2.05) is 0 Å². The molecule has 1 amide bonds. The number of carbonyl (C=O) groups excluding carboxylic acids is 2. The molecule has 2 N–H and O–H groups in total. The van der Waals surface area contributed by atoms with Crippen molar-refractivity contribution in [3.63, 3.8) is 0 Å². The number of anilines is 2. The summed E-state index contributed by atoms with van der Waals surface area (Å²) >= 11 is 7.76. The molecule has 1 aliphatic carbocycles. The molecule has 7 nitrogen and oxygen atoms in total. The maximum Gasteiger partial charge on any atom is 0.410 e. The number of nitrogens with one attached hydrogen (secondary N) is 2. The molecule has 3 heterocycles. The lowest BCUT2D eigenvalue weighted by molar-refractivity contribution is -0.173. The minimum Gasteiger partial charge on any atom is -0.462 e. The molecule has 202 valence electrons. The maximum atomic E-state index is 14.1. The van der Waals surface area contributed by atoms with Crippen molar-refractivity contribution in [2.75, 3.05) is 17.2 Å². The molecule has 3 aromatic rings. The van der Waals surface area contributed by atoms with E-state index in [4.69, 9.17) is 16.3 Å². The number of fused-ring (bicyclic) bond motifs is 2. The van der Waals surface area contributed by atoms with Gasteiger partial charge in [0.05, 0.1) is 18.2 Å². The molecule has 0 saturated carbocycles. The number of amides is 1. The quantitative estimate of drug-likeness (QED) is 0.331. The van der Waals surface area contributed by atoms with Crippen LogP contribution in [0.3, 0.4) is 0 Å². The van der Waals surface area contributed by atoms with Crippen LogP contribution in [0.5, 0.6) is 0 Å². The van der Waals surface area contributed by atoms with Crippen molar-refractivity contribution in [2.24, 2.45) is 5.92 Å². The first kappa shape index (κ1) is 26.6. The topological polar surface area (TPSA) is 85.2 Å². The summed E-state index contributed by atoms with van der Waals surface area (Å²) in [7, 11) is 0. The average Bonchev–Trinajstić information content (AvgIpc) is 3.40. The lowest BCUT2D eigenvalue weighted by Crippen LogP contribution is -2.35. The molecular formula is C26H26ClF3N4O3S. The number of alkyl halides is 3. The van der Waals surface area contributed by atoms with Gasteiger partial charge in [0, 0.05) is 11.3 Å². The lowest BCUT2D eigenvalue weighted by Gasteiger charge is -2.33. The maximum absolute atomic E-state index is 14.1. The summed E-state index contributed by atoms with van der Waals surface area (Å²) in [5.74, 6) is -0.996. The summed E-state index contributed by atoms with van der Waals surface area (Å²) in [4.78, 5) is 27.1. The Labute approximate surface area is 226 Å². The molecule has 1 aromatic carbocycles. The molecule has 1 aliphatic heterocycles. The molecule has 0 saturated heterocycles. The van der Waals surface area contributed by atoms with Crippen LogP contribution in [0, 0.1) is 5.92 Å². The number of ether oxygens (including phenoxy) is 1. The van der Waals surface area contributed by atoms with Gasteiger partial charge in [-0.25, -0.2) is 9.48 Å². The molecular weight excluding hydrogens is 541 g/mol. The summed E-state index contributed by atoms with van der Waals surface area (Å²) in [6.07, 6.45) is -2.60. The third-order valence-corrected chi connectivity index (χ3v) is 8.46. The second-order valence-electron chi connectivity index (χ2n) is 9.59. The zero-order valence-corrected chi connectivity index (χ0v) is 22.3. The highest BCUT2D eigenvalue weighted by atomic mass is 35.5. The highest BCUT2D eigenvalue weighted by Crippen LogP contribution is 2.46. The van der Waals surface area contributed by atoms with Gasteiger partial charge in [0.2, 0.25) is 0 Å². The first-order chi connectivity index (χ1) is 18.1. The minimum absolute atomic E-state index is 0.0795. The van der Waals surface area contributed by atoms with Crippen molar-refractivity contribution in [3.05, 3.63) is 62.6 Å². The van der Waals surface area contributed by atoms with Gasteiger partial charge in [0.15, 0.2) is 11.7 Å². The van der Waals surface area contributed by atoms with E-state index in [0.29, 0.717) is 23.5 Å². The predicted molar refractivity (Wildman–Crippen MR) is 139 cm³/mol. The zero-order chi connectivity index (χ0) is 27.2. The number of benzene rings is 1. The van der Waals surface area contributed by atoms with Crippen molar-refractivity contribution in [1.82, 2.24) is 9.78 Å². The molecule has 0 radical (unpaired) electrons. The Kier molecular flexibility index (Phi) is 7.17. The third-order valence-electron chi connectivity index (χ3n) is 6.93. The van der Waals surface area contributed by atoms with Crippen LogP contribution in [0.1, 0.15) is 75.6 Å². The van der Waals surface area contributed by atoms with Gasteiger partial charge in [-0.2, -0.15) is 18.3 Å². The normalized spacial score (nSPS) is 20.7. The van der Waals surface area contributed by atoms with Crippen LogP contribution in [-0.4, -0.2) is 34.4 Å². The number of carbonyl (C=O) groups is 2. The molecule has 0 spiro atoms. The van der Waals surface area contributed by atoms with Gasteiger partial charge in [0.25, 0.3) is 5.91 Å². The SMILES string of the molecule is CCOC(=O)c1c(NC(=O)c2nn3c(c2Cl)N[C@H](c2ccccc2)C[C@H]3C(F)(F)F)sc2c1CC[C@@H](C)C2. The van der Waals surface area contributed by atoms with Gasteiger partial charge >= 0.3 is 12.1 Å². The Morgan fingerprint density at radius 2 is 2.03 bits per heavy atom. The highest BCUT2D eigenvalue weighted by molar-refractivity contribution is 7.17. The second-order valence-corrected chi connectivity index (χ2v) is 11.1. The Hall–Kier alpha value is -3.05. The molecule has 5 rings (SSSR count). The van der Waals surface area contributed by atoms with Crippen molar-refractivity contribution < 1.29 is 27.5 Å². The van der Waals surface area contributed by atoms with Crippen LogP contribution in [0.15, 0.2) is 30.3 Å². The molecule has 12 heteroatoms. The standard InChI is InChI=1S/C26H26ClF3N4O3S/c1-3-37-25(36)19-15-10-9-13(2)11-17(15)38-24(19)32-23(35)21-20(27)22-31-16(14-7-5-4-6-8-14)12-18(26(28,29)30)34(22)33-21/h4-8,13,16,18,31H,3,9-12H2,1-2H3,(H,32,35)/t13-,16+,18+/m1/s1. The van der Waals surface area contributed by atoms with Gasteiger partial charge in [0.1, 0.15) is 15.8 Å². The van der Waals surface area contributed by atoms with E-state index in [9.17, 15) is 22.8 Å². The molecule has 2 aliphatic rings. The Bertz CT molecular complexity index is 1370. The van der Waals surface area contributed by atoms with E-state index in [2.05, 4.69) is 22.7 Å². The van der Waals surface area contributed by atoms with E-state index in [0.717, 1.165) is 28.0 Å². The van der Waals surface area contributed by atoms with Crippen LogP contribution in [-0.2, 0) is 17.6 Å². The van der Waals surface area contributed by atoms with Gasteiger partial charge < -0.3 is 15.4 Å². The molecule has 0 fully saturated rings. The van der Waals surface area contributed by atoms with E-state index in [1.54, 1.807) is 37.3 Å². The number of esters is 1. The largest absolute Gasteiger partial charge is 0.462 e. The third kappa shape index (κ3) is 4.89. The fraction of sp³-hybridized carbons (Fsp3) is 0.423. The Morgan fingerprint density at radius 1 is 1.29 bits per heavy atom. The number of aromatic nitrogens is 2. The number of nitrogens with zero attached hydrogens (tertiary/aromatic N) is 2. The highest BCUT2D eigenvalue weighted by Gasteiger charge is 2.48. The smallest absolute Gasteiger partial charge is 0.410 e. The molecule has 38 heavy (non-hydrogen) atoms. The van der Waals surface area contributed by atoms with Crippen LogP contribution in [0.2, 0.25) is 5.02 Å². The average molecular weight is 567 g/mol. The summed E-state index contributed by atoms with van der Waals surface area (Å²) < 4.78 is 48.3. The molecule has 0 bridgehead atoms. The summed E-state index contributed by atoms with van der Waals surface area (Å²) in [6.45, 7) is 3.98. The number of thiophene rings is 1. The first-order valence-corrected chi connectivity index (χ1v) is 13.6. The number of rotatable bonds is 5.